The maximum absolute atomic E-state index is 12.5. The average Bonchev–Trinajstić information content (AvgIpc) is 3.21. The minimum atomic E-state index is 0.0494. The predicted octanol–water partition coefficient (Wildman–Crippen LogP) is 3.19. The molecule has 27 heavy (non-hydrogen) atoms. The second-order valence-corrected chi connectivity index (χ2v) is 6.80. The van der Waals surface area contributed by atoms with Gasteiger partial charge in [-0.1, -0.05) is 24.3 Å². The van der Waals surface area contributed by atoms with Gasteiger partial charge in [-0.3, -0.25) is 14.5 Å². The summed E-state index contributed by atoms with van der Waals surface area (Å²) in [5.41, 5.74) is 5.56. The van der Waals surface area contributed by atoms with E-state index in [4.69, 9.17) is 0 Å². The number of aryl methyl sites for hydroxylation is 1. The Balaban J connectivity index is 1.36. The van der Waals surface area contributed by atoms with Crippen LogP contribution in [0, 0.1) is 0 Å². The summed E-state index contributed by atoms with van der Waals surface area (Å²) >= 11 is 0. The van der Waals surface area contributed by atoms with Crippen LogP contribution in [0.15, 0.2) is 61.1 Å². The SMILES string of the molecule is Cn1cc2cc(-c3ccc(CN4Cc5ncccc5C4=O)cc3)cnc2n1. The zero-order valence-corrected chi connectivity index (χ0v) is 14.8. The highest BCUT2D eigenvalue weighted by Gasteiger charge is 2.27. The molecule has 0 unspecified atom stereocenters. The molecule has 0 fully saturated rings. The topological polar surface area (TPSA) is 63.9 Å². The standard InChI is InChI=1S/C21H17N5O/c1-25-12-17-9-16(10-23-20(17)24-25)15-6-4-14(5-7-15)11-26-13-19-18(21(26)27)3-2-8-22-19/h2-10,12H,11,13H2,1H3. The number of nitrogens with zero attached hydrogens (tertiary/aromatic N) is 5. The van der Waals surface area contributed by atoms with Crippen LogP contribution in [0.3, 0.4) is 0 Å². The number of rotatable bonds is 3. The van der Waals surface area contributed by atoms with Crippen molar-refractivity contribution in [2.45, 2.75) is 13.1 Å². The molecule has 0 saturated heterocycles. The Morgan fingerprint density at radius 3 is 2.74 bits per heavy atom. The molecule has 3 aromatic heterocycles. The number of aromatic nitrogens is 4. The summed E-state index contributed by atoms with van der Waals surface area (Å²) in [7, 11) is 1.89. The van der Waals surface area contributed by atoms with E-state index in [1.54, 1.807) is 10.9 Å². The highest BCUT2D eigenvalue weighted by molar-refractivity contribution is 5.97. The third-order valence-corrected chi connectivity index (χ3v) is 4.88. The first kappa shape index (κ1) is 15.7. The summed E-state index contributed by atoms with van der Waals surface area (Å²) in [5.74, 6) is 0.0494. The highest BCUT2D eigenvalue weighted by atomic mass is 16.2. The summed E-state index contributed by atoms with van der Waals surface area (Å²) < 4.78 is 1.77. The Kier molecular flexibility index (Phi) is 3.50. The van der Waals surface area contributed by atoms with E-state index in [0.29, 0.717) is 18.7 Å². The smallest absolute Gasteiger partial charge is 0.256 e. The van der Waals surface area contributed by atoms with Crippen LogP contribution >= 0.6 is 0 Å². The molecule has 4 heterocycles. The van der Waals surface area contributed by atoms with Crippen molar-refractivity contribution in [1.82, 2.24) is 24.6 Å². The fraction of sp³-hybridized carbons (Fsp3) is 0.143. The van der Waals surface area contributed by atoms with Crippen molar-refractivity contribution in [2.24, 2.45) is 7.05 Å². The Morgan fingerprint density at radius 2 is 1.93 bits per heavy atom. The maximum Gasteiger partial charge on any atom is 0.256 e. The van der Waals surface area contributed by atoms with Crippen molar-refractivity contribution >= 4 is 16.9 Å². The first-order chi connectivity index (χ1) is 13.2. The first-order valence-corrected chi connectivity index (χ1v) is 8.79. The molecule has 132 valence electrons. The van der Waals surface area contributed by atoms with Gasteiger partial charge in [0.25, 0.3) is 5.91 Å². The lowest BCUT2D eigenvalue weighted by Gasteiger charge is -2.15. The number of amides is 1. The molecule has 0 radical (unpaired) electrons. The molecule has 1 aromatic carbocycles. The fourth-order valence-corrected chi connectivity index (χ4v) is 3.52. The van der Waals surface area contributed by atoms with Gasteiger partial charge in [0.1, 0.15) is 0 Å². The number of carbonyl (C=O) groups excluding carboxylic acids is 1. The molecule has 0 bridgehead atoms. The van der Waals surface area contributed by atoms with Crippen LogP contribution in [0.25, 0.3) is 22.2 Å². The Hall–Kier alpha value is -3.54. The van der Waals surface area contributed by atoms with Gasteiger partial charge in [-0.05, 0) is 29.3 Å². The number of hydrogen-bond acceptors (Lipinski definition) is 4. The Morgan fingerprint density at radius 1 is 1.07 bits per heavy atom. The molecule has 0 saturated carbocycles. The van der Waals surface area contributed by atoms with Gasteiger partial charge in [0.2, 0.25) is 0 Å². The molecular weight excluding hydrogens is 338 g/mol. The zero-order valence-electron chi connectivity index (χ0n) is 14.8. The van der Waals surface area contributed by atoms with Gasteiger partial charge in [-0.25, -0.2) is 4.98 Å². The molecule has 1 amide bonds. The van der Waals surface area contributed by atoms with E-state index in [9.17, 15) is 4.79 Å². The Labute approximate surface area is 156 Å². The van der Waals surface area contributed by atoms with Crippen LogP contribution in [0.1, 0.15) is 21.6 Å². The van der Waals surface area contributed by atoms with Crippen molar-refractivity contribution in [2.75, 3.05) is 0 Å². The molecule has 1 aliphatic heterocycles. The van der Waals surface area contributed by atoms with Gasteiger partial charge in [0, 0.05) is 43.1 Å². The highest BCUT2D eigenvalue weighted by Crippen LogP contribution is 2.25. The number of pyridine rings is 2. The molecule has 0 aliphatic carbocycles. The van der Waals surface area contributed by atoms with Crippen LogP contribution < -0.4 is 0 Å². The summed E-state index contributed by atoms with van der Waals surface area (Å²) in [6.07, 6.45) is 5.54. The second kappa shape index (κ2) is 6.02. The molecular formula is C21H17N5O. The van der Waals surface area contributed by atoms with E-state index in [1.807, 2.05) is 36.5 Å². The van der Waals surface area contributed by atoms with Crippen LogP contribution in [0.2, 0.25) is 0 Å². The molecule has 1 aliphatic rings. The summed E-state index contributed by atoms with van der Waals surface area (Å²) in [4.78, 5) is 23.0. The molecule has 0 N–H and O–H groups in total. The van der Waals surface area contributed by atoms with Gasteiger partial charge in [0.05, 0.1) is 17.8 Å². The fourth-order valence-electron chi connectivity index (χ4n) is 3.52. The van der Waals surface area contributed by atoms with Crippen LogP contribution in [0.5, 0.6) is 0 Å². The first-order valence-electron chi connectivity index (χ1n) is 8.79. The summed E-state index contributed by atoms with van der Waals surface area (Å²) in [6, 6.07) is 14.0. The van der Waals surface area contributed by atoms with E-state index in [1.165, 1.54) is 0 Å². The molecule has 0 atom stereocenters. The van der Waals surface area contributed by atoms with E-state index in [-0.39, 0.29) is 5.91 Å². The van der Waals surface area contributed by atoms with Crippen LogP contribution in [-0.2, 0) is 20.1 Å². The molecule has 0 spiro atoms. The predicted molar refractivity (Wildman–Crippen MR) is 102 cm³/mol. The van der Waals surface area contributed by atoms with E-state index in [0.717, 1.165) is 33.4 Å². The molecule has 4 aromatic rings. The van der Waals surface area contributed by atoms with Gasteiger partial charge < -0.3 is 4.90 Å². The monoisotopic (exact) mass is 355 g/mol. The van der Waals surface area contributed by atoms with Crippen molar-refractivity contribution in [3.05, 3.63) is 77.9 Å². The zero-order chi connectivity index (χ0) is 18.4. The van der Waals surface area contributed by atoms with Crippen molar-refractivity contribution in [3.8, 4) is 11.1 Å². The van der Waals surface area contributed by atoms with Gasteiger partial charge in [-0.15, -0.1) is 0 Å². The van der Waals surface area contributed by atoms with E-state index in [2.05, 4.69) is 45.4 Å². The minimum absolute atomic E-state index is 0.0494. The normalized spacial score (nSPS) is 13.4. The minimum Gasteiger partial charge on any atom is -0.328 e. The van der Waals surface area contributed by atoms with Gasteiger partial charge in [0.15, 0.2) is 5.65 Å². The summed E-state index contributed by atoms with van der Waals surface area (Å²) in [6.45, 7) is 1.15. The van der Waals surface area contributed by atoms with Crippen LogP contribution in [-0.4, -0.2) is 30.6 Å². The van der Waals surface area contributed by atoms with E-state index < -0.39 is 0 Å². The van der Waals surface area contributed by atoms with Crippen molar-refractivity contribution < 1.29 is 4.79 Å². The lowest BCUT2D eigenvalue weighted by Crippen LogP contribution is -2.23. The van der Waals surface area contributed by atoms with E-state index >= 15 is 0 Å². The molecule has 6 nitrogen and oxygen atoms in total. The van der Waals surface area contributed by atoms with Crippen molar-refractivity contribution in [1.29, 1.82) is 0 Å². The number of carbonyl (C=O) groups is 1. The molecule has 5 rings (SSSR count). The van der Waals surface area contributed by atoms with Crippen LogP contribution in [0.4, 0.5) is 0 Å². The number of hydrogen-bond donors (Lipinski definition) is 0. The number of benzene rings is 1. The maximum atomic E-state index is 12.5. The van der Waals surface area contributed by atoms with Gasteiger partial charge in [-0.2, -0.15) is 5.10 Å². The number of fused-ring (bicyclic) bond motifs is 2. The van der Waals surface area contributed by atoms with Crippen molar-refractivity contribution in [3.63, 3.8) is 0 Å². The lowest BCUT2D eigenvalue weighted by molar-refractivity contribution is 0.0766. The van der Waals surface area contributed by atoms with Gasteiger partial charge >= 0.3 is 0 Å². The quantitative estimate of drug-likeness (QED) is 0.566. The summed E-state index contributed by atoms with van der Waals surface area (Å²) in [5, 5.41) is 5.33. The third kappa shape index (κ3) is 2.75. The third-order valence-electron chi connectivity index (χ3n) is 4.88. The molecule has 6 heteroatoms. The largest absolute Gasteiger partial charge is 0.328 e. The lowest BCUT2D eigenvalue weighted by atomic mass is 10.0. The second-order valence-electron chi connectivity index (χ2n) is 6.80. The average molecular weight is 355 g/mol. The Bertz CT molecular complexity index is 1160.